The molecule has 0 bridgehead atoms. The maximum absolute atomic E-state index is 13.0. The average molecular weight is 344 g/mol. The Morgan fingerprint density at radius 3 is 2.68 bits per heavy atom. The summed E-state index contributed by atoms with van der Waals surface area (Å²) in [6.45, 7) is 4.58. The van der Waals surface area contributed by atoms with Crippen molar-refractivity contribution in [3.63, 3.8) is 0 Å². The van der Waals surface area contributed by atoms with Gasteiger partial charge in [-0.05, 0) is 30.9 Å². The fourth-order valence-corrected chi connectivity index (χ4v) is 3.57. The summed E-state index contributed by atoms with van der Waals surface area (Å²) in [5.41, 5.74) is 0.517. The summed E-state index contributed by atoms with van der Waals surface area (Å²) < 4.78 is 5.45. The van der Waals surface area contributed by atoms with Gasteiger partial charge in [-0.15, -0.1) is 0 Å². The first kappa shape index (κ1) is 17.6. The number of Topliss-reactive ketones (excluding diaryl/α,β-unsaturated/α-hetero) is 1. The molecular weight excluding hydrogens is 320 g/mol. The van der Waals surface area contributed by atoms with E-state index in [0.29, 0.717) is 24.9 Å². The predicted molar refractivity (Wildman–Crippen MR) is 92.0 cm³/mol. The molecule has 1 aromatic carbocycles. The molecular formula is C19H24N2O4. The number of ether oxygens (including phenoxy) is 1. The van der Waals surface area contributed by atoms with Gasteiger partial charge in [-0.1, -0.05) is 32.0 Å². The summed E-state index contributed by atoms with van der Waals surface area (Å²) in [4.78, 5) is 39.2. The second-order valence-electron chi connectivity index (χ2n) is 7.10. The van der Waals surface area contributed by atoms with E-state index in [1.165, 1.54) is 0 Å². The third kappa shape index (κ3) is 3.74. The number of carbonyl (C=O) groups excluding carboxylic acids is 3. The second-order valence-corrected chi connectivity index (χ2v) is 7.10. The number of nitrogens with zero attached hydrogens (tertiary/aromatic N) is 1. The van der Waals surface area contributed by atoms with E-state index < -0.39 is 12.1 Å². The van der Waals surface area contributed by atoms with E-state index in [2.05, 4.69) is 5.32 Å². The minimum Gasteiger partial charge on any atom is -0.368 e. The van der Waals surface area contributed by atoms with Gasteiger partial charge in [-0.25, -0.2) is 0 Å². The second kappa shape index (κ2) is 7.35. The van der Waals surface area contributed by atoms with E-state index in [1.807, 2.05) is 19.9 Å². The zero-order chi connectivity index (χ0) is 18.0. The van der Waals surface area contributed by atoms with Crippen LogP contribution in [0.25, 0.3) is 0 Å². The lowest BCUT2D eigenvalue weighted by Crippen LogP contribution is -2.52. The lowest BCUT2D eigenvalue weighted by Gasteiger charge is -2.28. The van der Waals surface area contributed by atoms with Gasteiger partial charge in [0.2, 0.25) is 5.91 Å². The number of likely N-dealkylation sites (tertiary alicyclic amines) is 1. The Bertz CT molecular complexity index is 659. The summed E-state index contributed by atoms with van der Waals surface area (Å²) in [6.07, 6.45) is 1.00. The van der Waals surface area contributed by atoms with Crippen LogP contribution in [0.5, 0.6) is 0 Å². The van der Waals surface area contributed by atoms with Gasteiger partial charge in [0.05, 0.1) is 6.10 Å². The number of hydrogen-bond donors (Lipinski definition) is 1. The Hall–Kier alpha value is -2.21. The molecule has 1 aromatic rings. The Labute approximate surface area is 147 Å². The van der Waals surface area contributed by atoms with E-state index in [0.717, 1.165) is 0 Å². The molecule has 2 aliphatic rings. The molecule has 25 heavy (non-hydrogen) atoms. The van der Waals surface area contributed by atoms with Crippen LogP contribution < -0.4 is 5.32 Å². The van der Waals surface area contributed by atoms with Crippen molar-refractivity contribution < 1.29 is 19.1 Å². The van der Waals surface area contributed by atoms with E-state index in [4.69, 9.17) is 4.74 Å². The first-order chi connectivity index (χ1) is 12.0. The van der Waals surface area contributed by atoms with Crippen LogP contribution in [0.4, 0.5) is 0 Å². The van der Waals surface area contributed by atoms with Crippen LogP contribution in [0.1, 0.15) is 37.0 Å². The van der Waals surface area contributed by atoms with Crippen molar-refractivity contribution in [3.05, 3.63) is 35.9 Å². The van der Waals surface area contributed by atoms with Crippen molar-refractivity contribution in [2.24, 2.45) is 5.92 Å². The van der Waals surface area contributed by atoms with E-state index in [9.17, 15) is 14.4 Å². The molecule has 0 radical (unpaired) electrons. The van der Waals surface area contributed by atoms with Gasteiger partial charge in [0.15, 0.2) is 5.78 Å². The Balaban J connectivity index is 1.75. The first-order valence-corrected chi connectivity index (χ1v) is 8.78. The molecule has 3 rings (SSSR count). The van der Waals surface area contributed by atoms with Gasteiger partial charge >= 0.3 is 0 Å². The monoisotopic (exact) mass is 344 g/mol. The Morgan fingerprint density at radius 1 is 1.28 bits per heavy atom. The summed E-state index contributed by atoms with van der Waals surface area (Å²) in [5.74, 6) is -0.277. The van der Waals surface area contributed by atoms with Crippen LogP contribution in [0.15, 0.2) is 30.3 Å². The van der Waals surface area contributed by atoms with E-state index in [-0.39, 0.29) is 36.2 Å². The maximum atomic E-state index is 13.0. The number of rotatable bonds is 5. The number of fused-ring (bicyclic) bond motifs is 1. The summed E-state index contributed by atoms with van der Waals surface area (Å²) in [5, 5.41) is 2.85. The zero-order valence-corrected chi connectivity index (χ0v) is 14.6. The number of carbonyl (C=O) groups is 3. The van der Waals surface area contributed by atoms with Gasteiger partial charge < -0.3 is 15.0 Å². The average Bonchev–Trinajstić information content (AvgIpc) is 3.17. The molecule has 0 aromatic heterocycles. The van der Waals surface area contributed by atoms with Crippen LogP contribution in [0.3, 0.4) is 0 Å². The summed E-state index contributed by atoms with van der Waals surface area (Å²) >= 11 is 0. The van der Waals surface area contributed by atoms with Gasteiger partial charge in [0, 0.05) is 12.1 Å². The molecule has 134 valence electrons. The topological polar surface area (TPSA) is 75.7 Å². The van der Waals surface area contributed by atoms with Crippen LogP contribution >= 0.6 is 0 Å². The first-order valence-electron chi connectivity index (χ1n) is 8.78. The Morgan fingerprint density at radius 2 is 2.00 bits per heavy atom. The molecule has 1 N–H and O–H groups in total. The number of amides is 2. The summed E-state index contributed by atoms with van der Waals surface area (Å²) in [7, 11) is 0. The fraction of sp³-hybridized carbons (Fsp3) is 0.526. The SMILES string of the molecule is CC(C)C[C@H](NC(=O)c1ccccc1)C(=O)N1CCC2OCC(=O)C21. The standard InChI is InChI=1S/C19H24N2O4/c1-12(2)10-14(20-18(23)13-6-4-3-5-7-13)19(24)21-9-8-16-17(21)15(22)11-25-16/h3-7,12,14,16-17H,8-11H2,1-2H3,(H,20,23)/t14-,16?,17?/m0/s1. The van der Waals surface area contributed by atoms with E-state index in [1.54, 1.807) is 29.2 Å². The lowest BCUT2D eigenvalue weighted by atomic mass is 10.0. The van der Waals surface area contributed by atoms with Crippen LogP contribution in [-0.4, -0.2) is 53.8 Å². The molecule has 6 nitrogen and oxygen atoms in total. The normalized spacial score (nSPS) is 23.6. The van der Waals surface area contributed by atoms with E-state index >= 15 is 0 Å². The highest BCUT2D eigenvalue weighted by Gasteiger charge is 2.48. The maximum Gasteiger partial charge on any atom is 0.251 e. The minimum absolute atomic E-state index is 0.0477. The molecule has 2 unspecified atom stereocenters. The third-order valence-corrected chi connectivity index (χ3v) is 4.74. The Kier molecular flexibility index (Phi) is 5.18. The number of hydrogen-bond acceptors (Lipinski definition) is 4. The van der Waals surface area contributed by atoms with Crippen molar-refractivity contribution in [1.29, 1.82) is 0 Å². The van der Waals surface area contributed by atoms with Crippen molar-refractivity contribution >= 4 is 17.6 Å². The van der Waals surface area contributed by atoms with Crippen molar-refractivity contribution in [3.8, 4) is 0 Å². The van der Waals surface area contributed by atoms with Gasteiger partial charge in [0.25, 0.3) is 5.91 Å². The molecule has 2 heterocycles. The van der Waals surface area contributed by atoms with Crippen LogP contribution in [-0.2, 0) is 14.3 Å². The van der Waals surface area contributed by atoms with Gasteiger partial charge in [-0.3, -0.25) is 14.4 Å². The van der Waals surface area contributed by atoms with Crippen LogP contribution in [0.2, 0.25) is 0 Å². The fourth-order valence-electron chi connectivity index (χ4n) is 3.57. The van der Waals surface area contributed by atoms with Crippen LogP contribution in [0, 0.1) is 5.92 Å². The highest BCUT2D eigenvalue weighted by atomic mass is 16.5. The number of nitrogens with one attached hydrogen (secondary N) is 1. The van der Waals surface area contributed by atoms with Gasteiger partial charge in [-0.2, -0.15) is 0 Å². The molecule has 2 fully saturated rings. The molecule has 0 aliphatic carbocycles. The molecule has 6 heteroatoms. The molecule has 2 amide bonds. The lowest BCUT2D eigenvalue weighted by molar-refractivity contribution is -0.138. The molecule has 2 aliphatic heterocycles. The quantitative estimate of drug-likeness (QED) is 0.876. The smallest absolute Gasteiger partial charge is 0.251 e. The van der Waals surface area contributed by atoms with Crippen molar-refractivity contribution in [2.45, 2.75) is 44.9 Å². The third-order valence-electron chi connectivity index (χ3n) is 4.74. The summed E-state index contributed by atoms with van der Waals surface area (Å²) in [6, 6.07) is 7.71. The number of benzene rings is 1. The highest BCUT2D eigenvalue weighted by molar-refractivity contribution is 5.99. The molecule has 0 saturated carbocycles. The predicted octanol–water partition coefficient (Wildman–Crippen LogP) is 1.40. The highest BCUT2D eigenvalue weighted by Crippen LogP contribution is 2.28. The largest absolute Gasteiger partial charge is 0.368 e. The molecule has 2 saturated heterocycles. The molecule has 0 spiro atoms. The zero-order valence-electron chi connectivity index (χ0n) is 14.6. The van der Waals surface area contributed by atoms with Crippen molar-refractivity contribution in [2.75, 3.05) is 13.2 Å². The molecule has 3 atom stereocenters. The van der Waals surface area contributed by atoms with Gasteiger partial charge in [0.1, 0.15) is 18.7 Å². The van der Waals surface area contributed by atoms with Crippen molar-refractivity contribution in [1.82, 2.24) is 10.2 Å². The number of ketones is 1. The minimum atomic E-state index is -0.639.